The van der Waals surface area contributed by atoms with E-state index < -0.39 is 4.92 Å². The summed E-state index contributed by atoms with van der Waals surface area (Å²) in [5.74, 6) is -0.293. The summed E-state index contributed by atoms with van der Waals surface area (Å²) < 4.78 is 4.04. The molecule has 1 amide bonds. The monoisotopic (exact) mass is 370 g/mol. The quantitative estimate of drug-likeness (QED) is 0.582. The maximum atomic E-state index is 11.7. The SMILES string of the molecule is Cc1cc([N+](=O)[O-])nn1CCNC(=O)CCn1cc(Br)cn1. The van der Waals surface area contributed by atoms with E-state index >= 15 is 0 Å². The largest absolute Gasteiger partial charge is 0.390 e. The zero-order valence-corrected chi connectivity index (χ0v) is 13.5. The first-order chi connectivity index (χ1) is 10.5. The molecule has 0 aliphatic heterocycles. The maximum absolute atomic E-state index is 11.7. The summed E-state index contributed by atoms with van der Waals surface area (Å²) in [5.41, 5.74) is 0.683. The van der Waals surface area contributed by atoms with Gasteiger partial charge in [0.05, 0.1) is 34.1 Å². The molecule has 0 atom stereocenters. The van der Waals surface area contributed by atoms with Gasteiger partial charge in [0, 0.05) is 25.7 Å². The molecule has 2 aromatic rings. The molecule has 118 valence electrons. The fourth-order valence-corrected chi connectivity index (χ4v) is 2.20. The fourth-order valence-electron chi connectivity index (χ4n) is 1.87. The van der Waals surface area contributed by atoms with Crippen molar-refractivity contribution in [2.24, 2.45) is 0 Å². The number of carbonyl (C=O) groups is 1. The normalized spacial score (nSPS) is 10.6. The van der Waals surface area contributed by atoms with Gasteiger partial charge in [0.25, 0.3) is 0 Å². The molecular weight excluding hydrogens is 356 g/mol. The Kier molecular flexibility index (Phi) is 5.26. The molecule has 0 radical (unpaired) electrons. The van der Waals surface area contributed by atoms with E-state index in [-0.39, 0.29) is 11.7 Å². The lowest BCUT2D eigenvalue weighted by atomic mass is 10.4. The molecule has 0 aromatic carbocycles. The highest BCUT2D eigenvalue weighted by atomic mass is 79.9. The Morgan fingerprint density at radius 1 is 1.50 bits per heavy atom. The summed E-state index contributed by atoms with van der Waals surface area (Å²) in [6, 6.07) is 1.40. The Labute approximate surface area is 134 Å². The van der Waals surface area contributed by atoms with Gasteiger partial charge in [0.2, 0.25) is 5.91 Å². The van der Waals surface area contributed by atoms with E-state index in [2.05, 4.69) is 31.4 Å². The van der Waals surface area contributed by atoms with Gasteiger partial charge < -0.3 is 15.4 Å². The molecule has 0 saturated heterocycles. The van der Waals surface area contributed by atoms with Gasteiger partial charge in [-0.25, -0.2) is 0 Å². The number of halogens is 1. The number of amides is 1. The van der Waals surface area contributed by atoms with Crippen LogP contribution in [0, 0.1) is 17.0 Å². The van der Waals surface area contributed by atoms with Crippen LogP contribution in [0.3, 0.4) is 0 Å². The van der Waals surface area contributed by atoms with E-state index in [0.717, 1.165) is 4.47 Å². The van der Waals surface area contributed by atoms with Crippen molar-refractivity contribution in [3.63, 3.8) is 0 Å². The van der Waals surface area contributed by atoms with Crippen molar-refractivity contribution in [1.82, 2.24) is 24.9 Å². The predicted octanol–water partition coefficient (Wildman–Crippen LogP) is 1.27. The molecule has 22 heavy (non-hydrogen) atoms. The summed E-state index contributed by atoms with van der Waals surface area (Å²) in [4.78, 5) is 21.8. The number of aryl methyl sites for hydroxylation is 2. The van der Waals surface area contributed by atoms with Gasteiger partial charge in [-0.3, -0.25) is 9.48 Å². The lowest BCUT2D eigenvalue weighted by Crippen LogP contribution is -2.28. The third-order valence-corrected chi connectivity index (χ3v) is 3.38. The summed E-state index contributed by atoms with van der Waals surface area (Å²) in [7, 11) is 0. The van der Waals surface area contributed by atoms with Gasteiger partial charge >= 0.3 is 5.82 Å². The van der Waals surface area contributed by atoms with Crippen molar-refractivity contribution in [1.29, 1.82) is 0 Å². The van der Waals surface area contributed by atoms with Crippen LogP contribution in [0.25, 0.3) is 0 Å². The molecule has 2 rings (SSSR count). The van der Waals surface area contributed by atoms with Gasteiger partial charge in [0.15, 0.2) is 0 Å². The van der Waals surface area contributed by atoms with Crippen molar-refractivity contribution in [2.45, 2.75) is 26.4 Å². The van der Waals surface area contributed by atoms with Crippen LogP contribution in [0.15, 0.2) is 22.9 Å². The Morgan fingerprint density at radius 3 is 2.86 bits per heavy atom. The van der Waals surface area contributed by atoms with Crippen LogP contribution >= 0.6 is 15.9 Å². The van der Waals surface area contributed by atoms with Crippen LogP contribution in [-0.4, -0.2) is 36.9 Å². The van der Waals surface area contributed by atoms with Crippen molar-refractivity contribution < 1.29 is 9.72 Å². The Balaban J connectivity index is 1.74. The molecule has 2 aromatic heterocycles. The molecule has 0 saturated carbocycles. The minimum atomic E-state index is -0.537. The number of nitrogens with zero attached hydrogens (tertiary/aromatic N) is 5. The van der Waals surface area contributed by atoms with E-state index in [1.54, 1.807) is 24.0 Å². The highest BCUT2D eigenvalue weighted by Crippen LogP contribution is 2.10. The number of aromatic nitrogens is 4. The van der Waals surface area contributed by atoms with E-state index in [0.29, 0.717) is 31.7 Å². The Hall–Kier alpha value is -2.23. The zero-order valence-electron chi connectivity index (χ0n) is 11.9. The van der Waals surface area contributed by atoms with Gasteiger partial charge in [-0.15, -0.1) is 0 Å². The first-order valence-electron chi connectivity index (χ1n) is 6.59. The van der Waals surface area contributed by atoms with Crippen LogP contribution in [0.5, 0.6) is 0 Å². The smallest absolute Gasteiger partial charge is 0.358 e. The van der Waals surface area contributed by atoms with Crippen LogP contribution in [0.1, 0.15) is 12.1 Å². The van der Waals surface area contributed by atoms with Gasteiger partial charge in [0.1, 0.15) is 0 Å². The third-order valence-electron chi connectivity index (χ3n) is 2.97. The summed E-state index contributed by atoms with van der Waals surface area (Å²) in [5, 5.41) is 21.3. The molecule has 9 nitrogen and oxygen atoms in total. The molecule has 0 aliphatic rings. The average Bonchev–Trinajstić information content (AvgIpc) is 3.03. The van der Waals surface area contributed by atoms with E-state index in [4.69, 9.17) is 0 Å². The topological polar surface area (TPSA) is 108 Å². The maximum Gasteiger partial charge on any atom is 0.390 e. The van der Waals surface area contributed by atoms with Gasteiger partial charge in [-0.2, -0.15) is 9.78 Å². The number of carbonyl (C=O) groups excluding carboxylic acids is 1. The number of hydrogen-bond donors (Lipinski definition) is 1. The van der Waals surface area contributed by atoms with E-state index in [1.807, 2.05) is 0 Å². The van der Waals surface area contributed by atoms with Gasteiger partial charge in [-0.05, 0) is 27.8 Å². The standard InChI is InChI=1S/C12H15BrN6O3/c1-9-6-11(19(21)22)16-18(9)5-3-14-12(20)2-4-17-8-10(13)7-15-17/h6-8H,2-5H2,1H3,(H,14,20). The molecule has 0 fully saturated rings. The lowest BCUT2D eigenvalue weighted by Gasteiger charge is -2.05. The Bertz CT molecular complexity index is 680. The minimum absolute atomic E-state index is 0.106. The molecule has 0 unspecified atom stereocenters. The molecule has 0 aliphatic carbocycles. The fraction of sp³-hybridized carbons (Fsp3) is 0.417. The summed E-state index contributed by atoms with van der Waals surface area (Å²) in [6.07, 6.45) is 3.76. The highest BCUT2D eigenvalue weighted by Gasteiger charge is 2.14. The first kappa shape index (κ1) is 16.1. The van der Waals surface area contributed by atoms with Crippen molar-refractivity contribution in [3.8, 4) is 0 Å². The average molecular weight is 371 g/mol. The summed E-state index contributed by atoms with van der Waals surface area (Å²) >= 11 is 3.28. The molecule has 1 N–H and O–H groups in total. The number of nitrogens with one attached hydrogen (secondary N) is 1. The zero-order chi connectivity index (χ0) is 16.1. The molecule has 0 bridgehead atoms. The molecule has 10 heteroatoms. The van der Waals surface area contributed by atoms with Crippen molar-refractivity contribution >= 4 is 27.7 Å². The highest BCUT2D eigenvalue weighted by molar-refractivity contribution is 9.10. The summed E-state index contributed by atoms with van der Waals surface area (Å²) in [6.45, 7) is 2.97. The second kappa shape index (κ2) is 7.16. The van der Waals surface area contributed by atoms with E-state index in [1.165, 1.54) is 10.7 Å². The van der Waals surface area contributed by atoms with Crippen LogP contribution in [0.2, 0.25) is 0 Å². The first-order valence-corrected chi connectivity index (χ1v) is 7.38. The lowest BCUT2D eigenvalue weighted by molar-refractivity contribution is -0.389. The second-order valence-electron chi connectivity index (χ2n) is 4.65. The minimum Gasteiger partial charge on any atom is -0.358 e. The van der Waals surface area contributed by atoms with Crippen LogP contribution < -0.4 is 5.32 Å². The van der Waals surface area contributed by atoms with Crippen LogP contribution in [0.4, 0.5) is 5.82 Å². The number of hydrogen-bond acceptors (Lipinski definition) is 5. The predicted molar refractivity (Wildman–Crippen MR) is 81.2 cm³/mol. The number of nitro groups is 1. The van der Waals surface area contributed by atoms with Gasteiger partial charge in [-0.1, -0.05) is 0 Å². The number of rotatable bonds is 7. The van der Waals surface area contributed by atoms with Crippen molar-refractivity contribution in [3.05, 3.63) is 38.7 Å². The third kappa shape index (κ3) is 4.38. The van der Waals surface area contributed by atoms with Crippen molar-refractivity contribution in [2.75, 3.05) is 6.54 Å². The Morgan fingerprint density at radius 2 is 2.27 bits per heavy atom. The second-order valence-corrected chi connectivity index (χ2v) is 5.56. The van der Waals surface area contributed by atoms with Crippen LogP contribution in [-0.2, 0) is 17.9 Å². The molecule has 2 heterocycles. The molecular formula is C12H15BrN6O3. The molecule has 0 spiro atoms. The van der Waals surface area contributed by atoms with E-state index in [9.17, 15) is 14.9 Å².